The van der Waals surface area contributed by atoms with E-state index in [1.54, 1.807) is 0 Å². The molecule has 0 aromatic carbocycles. The molecule has 0 aliphatic heterocycles. The van der Waals surface area contributed by atoms with Gasteiger partial charge in [-0.25, -0.2) is 0 Å². The van der Waals surface area contributed by atoms with E-state index >= 15 is 0 Å². The van der Waals surface area contributed by atoms with Gasteiger partial charge in [-0.3, -0.25) is 5.41 Å². The molecular weight excluding hydrogens is 130 g/mol. The summed E-state index contributed by atoms with van der Waals surface area (Å²) in [4.78, 5) is 0. The lowest BCUT2D eigenvalue weighted by molar-refractivity contribution is 0.145. The minimum atomic E-state index is 0.333. The summed E-state index contributed by atoms with van der Waals surface area (Å²) in [5, 5.41) is 7.10. The second-order valence-electron chi connectivity index (χ2n) is 1.93. The molecule has 0 unspecified atom stereocenters. The van der Waals surface area contributed by atoms with Crippen LogP contribution in [0.25, 0.3) is 0 Å². The van der Waals surface area contributed by atoms with Crippen molar-refractivity contribution in [2.45, 2.75) is 19.8 Å². The fourth-order valence-corrected chi connectivity index (χ4v) is 0.581. The van der Waals surface area contributed by atoms with Crippen molar-refractivity contribution in [1.29, 1.82) is 5.41 Å². The summed E-state index contributed by atoms with van der Waals surface area (Å²) < 4.78 is 9.73. The lowest BCUT2D eigenvalue weighted by atomic mass is 10.3. The quantitative estimate of drug-likeness (QED) is 0.361. The number of nitrogens with one attached hydrogen (secondary N) is 1. The molecule has 0 radical (unpaired) electrons. The highest BCUT2D eigenvalue weighted by Crippen LogP contribution is 1.92. The predicted octanol–water partition coefficient (Wildman–Crippen LogP) is 1.43. The van der Waals surface area contributed by atoms with Crippen LogP contribution in [0.3, 0.4) is 0 Å². The Morgan fingerprint density at radius 1 is 1.50 bits per heavy atom. The number of hydrogen-bond acceptors (Lipinski definition) is 3. The third kappa shape index (κ3) is 5.56. The minimum Gasteiger partial charge on any atom is -0.484 e. The highest BCUT2D eigenvalue weighted by molar-refractivity contribution is 5.72. The first-order valence-corrected chi connectivity index (χ1v) is 3.50. The topological polar surface area (TPSA) is 42.3 Å². The van der Waals surface area contributed by atoms with Crippen molar-refractivity contribution in [2.24, 2.45) is 0 Å². The first-order chi connectivity index (χ1) is 4.81. The maximum atomic E-state index is 7.10. The van der Waals surface area contributed by atoms with Crippen molar-refractivity contribution in [3.8, 4) is 0 Å². The van der Waals surface area contributed by atoms with Crippen molar-refractivity contribution in [3.63, 3.8) is 0 Å². The SMILES string of the molecule is CCOCCCC(=N)OC. The van der Waals surface area contributed by atoms with Gasteiger partial charge in [0.2, 0.25) is 0 Å². The Labute approximate surface area is 61.8 Å². The maximum Gasteiger partial charge on any atom is 0.180 e. The molecule has 0 rings (SSSR count). The van der Waals surface area contributed by atoms with E-state index in [2.05, 4.69) is 4.74 Å². The number of methoxy groups -OCH3 is 1. The first kappa shape index (κ1) is 9.43. The van der Waals surface area contributed by atoms with E-state index in [1.807, 2.05) is 6.92 Å². The number of hydrogen-bond donors (Lipinski definition) is 1. The van der Waals surface area contributed by atoms with Crippen LogP contribution < -0.4 is 0 Å². The van der Waals surface area contributed by atoms with E-state index in [0.717, 1.165) is 19.6 Å². The zero-order chi connectivity index (χ0) is 7.82. The smallest absolute Gasteiger partial charge is 0.180 e. The molecule has 0 aliphatic carbocycles. The van der Waals surface area contributed by atoms with E-state index in [1.165, 1.54) is 7.11 Å². The summed E-state index contributed by atoms with van der Waals surface area (Å²) in [6, 6.07) is 0. The number of rotatable bonds is 5. The summed E-state index contributed by atoms with van der Waals surface area (Å²) in [6.45, 7) is 3.43. The summed E-state index contributed by atoms with van der Waals surface area (Å²) in [5.74, 6) is 0.333. The van der Waals surface area contributed by atoms with E-state index < -0.39 is 0 Å². The zero-order valence-corrected chi connectivity index (χ0v) is 6.64. The Kier molecular flexibility index (Phi) is 6.18. The van der Waals surface area contributed by atoms with Crippen molar-refractivity contribution >= 4 is 5.90 Å². The Balaban J connectivity index is 2.96. The van der Waals surface area contributed by atoms with E-state index in [4.69, 9.17) is 10.1 Å². The van der Waals surface area contributed by atoms with Crippen LogP contribution in [0.4, 0.5) is 0 Å². The van der Waals surface area contributed by atoms with Crippen LogP contribution in [0.15, 0.2) is 0 Å². The molecule has 0 bridgehead atoms. The van der Waals surface area contributed by atoms with Gasteiger partial charge in [0.25, 0.3) is 0 Å². The second-order valence-corrected chi connectivity index (χ2v) is 1.93. The molecule has 0 aromatic heterocycles. The van der Waals surface area contributed by atoms with Crippen molar-refractivity contribution in [1.82, 2.24) is 0 Å². The minimum absolute atomic E-state index is 0.333. The molecule has 0 aromatic rings. The largest absolute Gasteiger partial charge is 0.484 e. The highest BCUT2D eigenvalue weighted by atomic mass is 16.5. The van der Waals surface area contributed by atoms with Crippen LogP contribution in [0.1, 0.15) is 19.8 Å². The van der Waals surface area contributed by atoms with Crippen LogP contribution in [0, 0.1) is 5.41 Å². The number of ether oxygens (including phenoxy) is 2. The van der Waals surface area contributed by atoms with Crippen LogP contribution >= 0.6 is 0 Å². The van der Waals surface area contributed by atoms with Gasteiger partial charge in [-0.05, 0) is 13.3 Å². The average Bonchev–Trinajstić information content (AvgIpc) is 1.98. The maximum absolute atomic E-state index is 7.10. The van der Waals surface area contributed by atoms with Crippen LogP contribution in [0.5, 0.6) is 0 Å². The van der Waals surface area contributed by atoms with Crippen LogP contribution in [0.2, 0.25) is 0 Å². The fraction of sp³-hybridized carbons (Fsp3) is 0.857. The predicted molar refractivity (Wildman–Crippen MR) is 40.5 cm³/mol. The average molecular weight is 145 g/mol. The lowest BCUT2D eigenvalue weighted by Gasteiger charge is -2.01. The van der Waals surface area contributed by atoms with Gasteiger partial charge in [-0.1, -0.05) is 0 Å². The van der Waals surface area contributed by atoms with Gasteiger partial charge < -0.3 is 9.47 Å². The molecule has 0 aliphatic rings. The normalized spacial score (nSPS) is 9.40. The molecule has 60 valence electrons. The molecule has 0 saturated heterocycles. The van der Waals surface area contributed by atoms with Gasteiger partial charge in [-0.15, -0.1) is 0 Å². The van der Waals surface area contributed by atoms with Gasteiger partial charge >= 0.3 is 0 Å². The third-order valence-electron chi connectivity index (χ3n) is 1.14. The summed E-state index contributed by atoms with van der Waals surface area (Å²) in [5.41, 5.74) is 0. The Hall–Kier alpha value is -0.570. The van der Waals surface area contributed by atoms with Crippen molar-refractivity contribution in [3.05, 3.63) is 0 Å². The van der Waals surface area contributed by atoms with Crippen LogP contribution in [-0.4, -0.2) is 26.2 Å². The summed E-state index contributed by atoms with van der Waals surface area (Å²) in [7, 11) is 1.52. The van der Waals surface area contributed by atoms with Gasteiger partial charge in [0, 0.05) is 19.6 Å². The lowest BCUT2D eigenvalue weighted by Crippen LogP contribution is -2.01. The van der Waals surface area contributed by atoms with Crippen molar-refractivity contribution in [2.75, 3.05) is 20.3 Å². The molecule has 1 N–H and O–H groups in total. The molecule has 0 fully saturated rings. The van der Waals surface area contributed by atoms with E-state index in [0.29, 0.717) is 12.3 Å². The Morgan fingerprint density at radius 3 is 2.70 bits per heavy atom. The standard InChI is InChI=1S/C7H15NO2/c1-3-10-6-4-5-7(8)9-2/h8H,3-6H2,1-2H3. The van der Waals surface area contributed by atoms with Crippen LogP contribution in [-0.2, 0) is 9.47 Å². The molecule has 3 nitrogen and oxygen atoms in total. The fourth-order valence-electron chi connectivity index (χ4n) is 0.581. The summed E-state index contributed by atoms with van der Waals surface area (Å²) >= 11 is 0. The third-order valence-corrected chi connectivity index (χ3v) is 1.14. The molecule has 10 heavy (non-hydrogen) atoms. The molecule has 0 saturated carbocycles. The van der Waals surface area contributed by atoms with Gasteiger partial charge in [-0.2, -0.15) is 0 Å². The van der Waals surface area contributed by atoms with Gasteiger partial charge in [0.05, 0.1) is 7.11 Å². The van der Waals surface area contributed by atoms with Crippen molar-refractivity contribution < 1.29 is 9.47 Å². The monoisotopic (exact) mass is 145 g/mol. The Bertz CT molecular complexity index is 93.6. The molecule has 0 atom stereocenters. The Morgan fingerprint density at radius 2 is 2.20 bits per heavy atom. The highest BCUT2D eigenvalue weighted by Gasteiger charge is 1.93. The first-order valence-electron chi connectivity index (χ1n) is 3.50. The molecule has 3 heteroatoms. The second kappa shape index (κ2) is 6.55. The van der Waals surface area contributed by atoms with Gasteiger partial charge in [0.1, 0.15) is 0 Å². The van der Waals surface area contributed by atoms with Gasteiger partial charge in [0.15, 0.2) is 5.90 Å². The zero-order valence-electron chi connectivity index (χ0n) is 6.64. The summed E-state index contributed by atoms with van der Waals surface area (Å²) in [6.07, 6.45) is 1.55. The molecule has 0 heterocycles. The molecule has 0 spiro atoms. The van der Waals surface area contributed by atoms with E-state index in [9.17, 15) is 0 Å². The molecule has 0 amide bonds. The molecular formula is C7H15NO2. The van der Waals surface area contributed by atoms with E-state index in [-0.39, 0.29) is 0 Å².